The number of rotatable bonds is 5. The van der Waals surface area contributed by atoms with Crippen LogP contribution in [0.5, 0.6) is 0 Å². The van der Waals surface area contributed by atoms with Gasteiger partial charge in [0.25, 0.3) is 0 Å². The molecule has 7 nitrogen and oxygen atoms in total. The summed E-state index contributed by atoms with van der Waals surface area (Å²) in [6.07, 6.45) is 7.32. The molecule has 0 N–H and O–H groups in total. The Morgan fingerprint density at radius 2 is 0.937 bits per heavy atom. The van der Waals surface area contributed by atoms with Crippen LogP contribution in [0.3, 0.4) is 0 Å². The van der Waals surface area contributed by atoms with E-state index < -0.39 is 0 Å². The normalized spacial score (nSPS) is 20.5. The van der Waals surface area contributed by atoms with Gasteiger partial charge in [-0.3, -0.25) is 4.57 Å². The maximum atomic E-state index is 10.4. The van der Waals surface area contributed by atoms with Crippen molar-refractivity contribution in [3.8, 4) is 34.8 Å². The molecule has 7 heteroatoms. The van der Waals surface area contributed by atoms with Crippen molar-refractivity contribution in [3.05, 3.63) is 169 Å². The van der Waals surface area contributed by atoms with Crippen molar-refractivity contribution < 1.29 is 0 Å². The van der Waals surface area contributed by atoms with Gasteiger partial charge in [0, 0.05) is 43.3 Å². The summed E-state index contributed by atoms with van der Waals surface area (Å²) >= 11 is 0. The van der Waals surface area contributed by atoms with E-state index >= 15 is 0 Å². The average molecular weight is 812 g/mol. The van der Waals surface area contributed by atoms with Gasteiger partial charge in [-0.1, -0.05) is 97.1 Å². The number of nitrogens with zero attached hydrogens (tertiary/aromatic N) is 7. The molecule has 0 aliphatic heterocycles. The predicted molar refractivity (Wildman–Crippen MR) is 253 cm³/mol. The molecule has 0 atom stereocenters. The molecular weight excluding hydrogens is 771 g/mol. The largest absolute Gasteiger partial charge is 0.309 e. The van der Waals surface area contributed by atoms with Crippen LogP contribution in [0.15, 0.2) is 158 Å². The number of hydrogen-bond acceptors (Lipinski definition) is 4. The summed E-state index contributed by atoms with van der Waals surface area (Å²) in [4.78, 5) is 16.9. The smallest absolute Gasteiger partial charge is 0.238 e. The highest BCUT2D eigenvalue weighted by atomic mass is 15.2. The topological polar surface area (TPSA) is 77.2 Å². The molecule has 0 spiro atoms. The van der Waals surface area contributed by atoms with Gasteiger partial charge in [0.15, 0.2) is 5.82 Å². The Labute approximate surface area is 363 Å². The minimum absolute atomic E-state index is 0.117. The van der Waals surface area contributed by atoms with Gasteiger partial charge in [-0.2, -0.15) is 15.2 Å². The van der Waals surface area contributed by atoms with E-state index in [0.717, 1.165) is 74.9 Å². The van der Waals surface area contributed by atoms with E-state index in [1.165, 1.54) is 51.8 Å². The van der Waals surface area contributed by atoms with Crippen molar-refractivity contribution >= 4 is 65.4 Å². The van der Waals surface area contributed by atoms with Crippen molar-refractivity contribution in [2.24, 2.45) is 17.8 Å². The lowest BCUT2D eigenvalue weighted by molar-refractivity contribution is -0.00944. The fourth-order valence-corrected chi connectivity index (χ4v) is 13.0. The third-order valence-corrected chi connectivity index (χ3v) is 15.0. The van der Waals surface area contributed by atoms with Gasteiger partial charge in [-0.05, 0) is 117 Å². The van der Waals surface area contributed by atoms with Crippen LogP contribution in [0, 0.1) is 29.1 Å². The zero-order valence-electron chi connectivity index (χ0n) is 34.6. The second kappa shape index (κ2) is 13.0. The molecule has 4 fully saturated rings. The molecule has 0 saturated heterocycles. The number of benzene rings is 7. The SMILES string of the molecule is N#Cc1ccc(-n2c3ccccc3c3ccccc32)c(-c2nc(-n3c4ccccc4c4c(-n5c6ccccc6c6ccccc65)cccc43)nc(C34CC5CC(CC(C5)C3)C4)n2)c1. The van der Waals surface area contributed by atoms with Gasteiger partial charge < -0.3 is 9.13 Å². The summed E-state index contributed by atoms with van der Waals surface area (Å²) in [5.74, 6) is 4.24. The van der Waals surface area contributed by atoms with Gasteiger partial charge in [-0.25, -0.2) is 4.98 Å². The van der Waals surface area contributed by atoms with Crippen LogP contribution in [0.4, 0.5) is 0 Å². The van der Waals surface area contributed by atoms with Crippen LogP contribution < -0.4 is 0 Å². The Hall–Kier alpha value is -7.56. The zero-order valence-corrected chi connectivity index (χ0v) is 34.6. The summed E-state index contributed by atoms with van der Waals surface area (Å²) in [7, 11) is 0. The molecule has 4 saturated carbocycles. The number of hydrogen-bond donors (Lipinski definition) is 0. The highest BCUT2D eigenvalue weighted by Crippen LogP contribution is 2.60. The van der Waals surface area contributed by atoms with Crippen molar-refractivity contribution in [3.63, 3.8) is 0 Å². The van der Waals surface area contributed by atoms with Gasteiger partial charge >= 0.3 is 0 Å². The van der Waals surface area contributed by atoms with Crippen LogP contribution in [0.1, 0.15) is 49.9 Å². The number of para-hydroxylation sites is 5. The number of nitriles is 1. The molecule has 0 radical (unpaired) electrons. The summed E-state index contributed by atoms with van der Waals surface area (Å²) in [5, 5.41) is 17.6. The van der Waals surface area contributed by atoms with Gasteiger partial charge in [-0.15, -0.1) is 0 Å². The molecule has 0 unspecified atom stereocenters. The maximum absolute atomic E-state index is 10.4. The van der Waals surface area contributed by atoms with E-state index in [1.54, 1.807) is 0 Å². The lowest BCUT2D eigenvalue weighted by Crippen LogP contribution is -2.49. The molecule has 4 aromatic heterocycles. The zero-order chi connectivity index (χ0) is 41.4. The van der Waals surface area contributed by atoms with E-state index in [0.29, 0.717) is 35.1 Å². The van der Waals surface area contributed by atoms with Crippen molar-refractivity contribution in [2.45, 2.75) is 43.9 Å². The second-order valence-corrected chi connectivity index (χ2v) is 18.6. The lowest BCUT2D eigenvalue weighted by atomic mass is 9.49. The average Bonchev–Trinajstić information content (AvgIpc) is 3.97. The third kappa shape index (κ3) is 4.98. The molecule has 11 aromatic rings. The Bertz CT molecular complexity index is 3620. The van der Waals surface area contributed by atoms with Crippen LogP contribution in [0.25, 0.3) is 94.1 Å². The summed E-state index contributed by atoms with van der Waals surface area (Å²) in [6, 6.07) is 58.4. The molecule has 4 aliphatic carbocycles. The van der Waals surface area contributed by atoms with E-state index in [-0.39, 0.29) is 5.41 Å². The van der Waals surface area contributed by atoms with Crippen molar-refractivity contribution in [2.75, 3.05) is 0 Å². The fourth-order valence-electron chi connectivity index (χ4n) is 13.0. The first-order chi connectivity index (χ1) is 31.1. The Morgan fingerprint density at radius 1 is 0.460 bits per heavy atom. The predicted octanol–water partition coefficient (Wildman–Crippen LogP) is 13.2. The number of fused-ring (bicyclic) bond motifs is 9. The standard InChI is InChI=1S/C56H41N7/c57-33-34-24-25-49(61-44-17-6-1-12-38(44)39-13-2-7-18-45(39)61)43(29-34)53-58-54(56-30-35-26-36(31-56)28-37(27-35)32-56)60-55(59-53)63-48-21-10-5-16-42(48)52-50(22-11-23-51(52)63)62-46-19-8-3-14-40(46)41-15-4-9-20-47(41)62/h1-25,29,35-37H,26-28,30-32H2. The van der Waals surface area contributed by atoms with E-state index in [9.17, 15) is 5.26 Å². The van der Waals surface area contributed by atoms with Gasteiger partial charge in [0.2, 0.25) is 5.95 Å². The molecule has 4 heterocycles. The first-order valence-electron chi connectivity index (χ1n) is 22.4. The van der Waals surface area contributed by atoms with Crippen LogP contribution in [-0.4, -0.2) is 28.7 Å². The molecule has 4 bridgehead atoms. The summed E-state index contributed by atoms with van der Waals surface area (Å²) < 4.78 is 7.04. The van der Waals surface area contributed by atoms with Gasteiger partial charge in [0.1, 0.15) is 5.82 Å². The molecule has 0 amide bonds. The molecule has 7 aromatic carbocycles. The summed E-state index contributed by atoms with van der Waals surface area (Å²) in [5.41, 5.74) is 9.95. The van der Waals surface area contributed by atoms with E-state index in [4.69, 9.17) is 15.0 Å². The molecule has 15 rings (SSSR count). The fraction of sp³-hybridized carbons (Fsp3) is 0.179. The molecule has 4 aliphatic rings. The second-order valence-electron chi connectivity index (χ2n) is 18.6. The molecule has 63 heavy (non-hydrogen) atoms. The minimum Gasteiger partial charge on any atom is -0.309 e. The van der Waals surface area contributed by atoms with Gasteiger partial charge in [0.05, 0.1) is 56.1 Å². The van der Waals surface area contributed by atoms with E-state index in [2.05, 4.69) is 165 Å². The highest BCUT2D eigenvalue weighted by Gasteiger charge is 2.53. The van der Waals surface area contributed by atoms with Crippen LogP contribution in [-0.2, 0) is 5.41 Å². The number of aromatic nitrogens is 6. The first kappa shape index (κ1) is 35.1. The van der Waals surface area contributed by atoms with Crippen molar-refractivity contribution in [1.29, 1.82) is 5.26 Å². The van der Waals surface area contributed by atoms with Crippen molar-refractivity contribution in [1.82, 2.24) is 28.7 Å². The molecule has 300 valence electrons. The Morgan fingerprint density at radius 3 is 1.48 bits per heavy atom. The van der Waals surface area contributed by atoms with Crippen LogP contribution in [0.2, 0.25) is 0 Å². The monoisotopic (exact) mass is 811 g/mol. The maximum Gasteiger partial charge on any atom is 0.238 e. The van der Waals surface area contributed by atoms with E-state index in [1.807, 2.05) is 12.1 Å². The summed E-state index contributed by atoms with van der Waals surface area (Å²) in [6.45, 7) is 0. The highest BCUT2D eigenvalue weighted by molar-refractivity contribution is 6.16. The Balaban J connectivity index is 1.07. The van der Waals surface area contributed by atoms with Crippen LogP contribution >= 0.6 is 0 Å². The Kier molecular flexibility index (Phi) is 7.23. The first-order valence-corrected chi connectivity index (χ1v) is 22.4. The third-order valence-electron chi connectivity index (χ3n) is 15.0. The molecular formula is C56H41N7. The quantitative estimate of drug-likeness (QED) is 0.173. The minimum atomic E-state index is -0.117. The lowest BCUT2D eigenvalue weighted by Gasteiger charge is -2.55.